The van der Waals surface area contributed by atoms with Crippen molar-refractivity contribution in [2.24, 2.45) is 18.7 Å². The maximum Gasteiger partial charge on any atom is 0.271 e. The quantitative estimate of drug-likeness (QED) is 0.559. The molecule has 2 amide bonds. The Balaban J connectivity index is 2.40. The van der Waals surface area contributed by atoms with Gasteiger partial charge < -0.3 is 15.8 Å². The van der Waals surface area contributed by atoms with E-state index in [9.17, 15) is 9.59 Å². The minimum absolute atomic E-state index is 0.0394. The molecule has 0 unspecified atom stereocenters. The van der Waals surface area contributed by atoms with Gasteiger partial charge in [0.1, 0.15) is 5.56 Å². The summed E-state index contributed by atoms with van der Waals surface area (Å²) < 4.78 is 8.05. The second-order valence-corrected chi connectivity index (χ2v) is 7.82. The number of primary amides is 1. The van der Waals surface area contributed by atoms with E-state index in [1.165, 1.54) is 0 Å². The number of hydrogen-bond acceptors (Lipinski definition) is 5. The molecule has 2 aromatic rings. The van der Waals surface area contributed by atoms with Crippen LogP contribution in [0.2, 0.25) is 0 Å². The number of amides is 2. The van der Waals surface area contributed by atoms with Gasteiger partial charge in [-0.2, -0.15) is 5.10 Å². The molecular formula is C18H24IN5O3. The zero-order valence-electron chi connectivity index (χ0n) is 15.9. The first-order chi connectivity index (χ1) is 12.7. The lowest BCUT2D eigenvalue weighted by Crippen LogP contribution is -2.20. The molecule has 2 aromatic heterocycles. The zero-order valence-corrected chi connectivity index (χ0v) is 18.0. The molecule has 146 valence electrons. The Hall–Kier alpha value is -2.17. The van der Waals surface area contributed by atoms with Crippen LogP contribution in [0.4, 0.5) is 5.69 Å². The fourth-order valence-electron chi connectivity index (χ4n) is 2.52. The number of aromatic nitrogens is 3. The maximum absolute atomic E-state index is 12.9. The predicted molar refractivity (Wildman–Crippen MR) is 111 cm³/mol. The second kappa shape index (κ2) is 9.16. The van der Waals surface area contributed by atoms with E-state index in [0.717, 1.165) is 15.7 Å². The van der Waals surface area contributed by atoms with Gasteiger partial charge in [0.15, 0.2) is 5.69 Å². The number of ether oxygens (including phenoxy) is 1. The van der Waals surface area contributed by atoms with E-state index >= 15 is 0 Å². The minimum Gasteiger partial charge on any atom is -0.477 e. The SMILES string of the molecule is CCCc1c(NC(=O)c2cc(I)cnc2OCC(C)C)c(C(N)=O)nn1C. The Bertz CT molecular complexity index is 848. The van der Waals surface area contributed by atoms with Crippen LogP contribution in [0, 0.1) is 9.49 Å². The summed E-state index contributed by atoms with van der Waals surface area (Å²) in [4.78, 5) is 28.9. The van der Waals surface area contributed by atoms with Crippen LogP contribution >= 0.6 is 22.6 Å². The number of hydrogen-bond donors (Lipinski definition) is 2. The molecule has 2 rings (SSSR count). The van der Waals surface area contributed by atoms with Crippen LogP contribution in [-0.4, -0.2) is 33.2 Å². The smallest absolute Gasteiger partial charge is 0.271 e. The van der Waals surface area contributed by atoms with Gasteiger partial charge in [-0.3, -0.25) is 14.3 Å². The molecule has 0 saturated carbocycles. The molecule has 3 N–H and O–H groups in total. The van der Waals surface area contributed by atoms with Crippen molar-refractivity contribution in [3.05, 3.63) is 32.8 Å². The molecule has 8 nitrogen and oxygen atoms in total. The average Bonchev–Trinajstić information content (AvgIpc) is 2.90. The molecule has 0 bridgehead atoms. The number of anilines is 1. The number of rotatable bonds is 8. The van der Waals surface area contributed by atoms with Crippen molar-refractivity contribution in [2.75, 3.05) is 11.9 Å². The lowest BCUT2D eigenvalue weighted by atomic mass is 10.1. The van der Waals surface area contributed by atoms with Gasteiger partial charge in [0, 0.05) is 16.8 Å². The van der Waals surface area contributed by atoms with Crippen molar-refractivity contribution in [1.82, 2.24) is 14.8 Å². The Morgan fingerprint density at radius 2 is 2.11 bits per heavy atom. The van der Waals surface area contributed by atoms with Gasteiger partial charge >= 0.3 is 0 Å². The van der Waals surface area contributed by atoms with Gasteiger partial charge in [-0.25, -0.2) is 4.98 Å². The van der Waals surface area contributed by atoms with Crippen molar-refractivity contribution in [3.63, 3.8) is 0 Å². The highest BCUT2D eigenvalue weighted by Crippen LogP contribution is 2.25. The number of nitrogens with zero attached hydrogens (tertiary/aromatic N) is 3. The topological polar surface area (TPSA) is 112 Å². The lowest BCUT2D eigenvalue weighted by Gasteiger charge is -2.13. The van der Waals surface area contributed by atoms with Gasteiger partial charge in [-0.15, -0.1) is 0 Å². The largest absolute Gasteiger partial charge is 0.477 e. The summed E-state index contributed by atoms with van der Waals surface area (Å²) in [7, 11) is 1.72. The van der Waals surface area contributed by atoms with Crippen molar-refractivity contribution in [1.29, 1.82) is 0 Å². The molecule has 9 heteroatoms. The number of nitrogens with two attached hydrogens (primary N) is 1. The average molecular weight is 485 g/mol. The first-order valence-electron chi connectivity index (χ1n) is 8.69. The molecule has 0 aliphatic rings. The predicted octanol–water partition coefficient (Wildman–Crippen LogP) is 2.76. The third-order valence-corrected chi connectivity index (χ3v) is 4.33. The number of aryl methyl sites for hydroxylation is 1. The van der Waals surface area contributed by atoms with Gasteiger partial charge in [-0.05, 0) is 41.0 Å². The molecule has 27 heavy (non-hydrogen) atoms. The van der Waals surface area contributed by atoms with E-state index in [2.05, 4.69) is 38.0 Å². The summed E-state index contributed by atoms with van der Waals surface area (Å²) in [6.07, 6.45) is 3.11. The number of carbonyl (C=O) groups excluding carboxylic acids is 2. The van der Waals surface area contributed by atoms with Crippen LogP contribution in [0.3, 0.4) is 0 Å². The van der Waals surface area contributed by atoms with Crippen molar-refractivity contribution >= 4 is 40.1 Å². The van der Waals surface area contributed by atoms with Crippen LogP contribution in [0.5, 0.6) is 5.88 Å². The molecule has 2 heterocycles. The summed E-state index contributed by atoms with van der Waals surface area (Å²) in [5, 5.41) is 6.95. The fourth-order valence-corrected chi connectivity index (χ4v) is 2.97. The van der Waals surface area contributed by atoms with E-state index < -0.39 is 11.8 Å². The van der Waals surface area contributed by atoms with Gasteiger partial charge in [-0.1, -0.05) is 27.2 Å². The summed E-state index contributed by atoms with van der Waals surface area (Å²) >= 11 is 2.08. The highest BCUT2D eigenvalue weighted by Gasteiger charge is 2.24. The first-order valence-corrected chi connectivity index (χ1v) is 9.77. The van der Waals surface area contributed by atoms with Crippen LogP contribution in [0.1, 0.15) is 53.7 Å². The minimum atomic E-state index is -0.694. The zero-order chi connectivity index (χ0) is 20.1. The molecule has 0 fully saturated rings. The van der Waals surface area contributed by atoms with E-state index in [1.54, 1.807) is 24.0 Å². The summed E-state index contributed by atoms with van der Waals surface area (Å²) in [6, 6.07) is 1.69. The third kappa shape index (κ3) is 5.18. The van der Waals surface area contributed by atoms with E-state index in [1.807, 2.05) is 20.8 Å². The molecule has 0 atom stereocenters. The molecule has 0 aliphatic heterocycles. The second-order valence-electron chi connectivity index (χ2n) is 6.57. The first kappa shape index (κ1) is 21.1. The Kier molecular flexibility index (Phi) is 7.17. The number of carbonyl (C=O) groups is 2. The van der Waals surface area contributed by atoms with Gasteiger partial charge in [0.25, 0.3) is 11.8 Å². The van der Waals surface area contributed by atoms with Crippen LogP contribution in [0.15, 0.2) is 12.3 Å². The monoisotopic (exact) mass is 485 g/mol. The van der Waals surface area contributed by atoms with Crippen molar-refractivity contribution in [3.8, 4) is 5.88 Å². The molecule has 0 saturated heterocycles. The summed E-state index contributed by atoms with van der Waals surface area (Å²) in [6.45, 7) is 6.47. The Morgan fingerprint density at radius 1 is 1.41 bits per heavy atom. The van der Waals surface area contributed by atoms with E-state index in [-0.39, 0.29) is 17.5 Å². The maximum atomic E-state index is 12.9. The van der Waals surface area contributed by atoms with Crippen molar-refractivity contribution < 1.29 is 14.3 Å². The fraction of sp³-hybridized carbons (Fsp3) is 0.444. The van der Waals surface area contributed by atoms with Crippen LogP contribution in [-0.2, 0) is 13.5 Å². The standard InChI is InChI=1S/C18H24IN5O3/c1-5-6-13-14(15(16(20)25)23-24(13)4)22-17(26)12-7-11(19)8-21-18(12)27-9-10(2)3/h7-8,10H,5-6,9H2,1-4H3,(H2,20,25)(H,22,26). The summed E-state index contributed by atoms with van der Waals surface area (Å²) in [5.41, 5.74) is 6.85. The van der Waals surface area contributed by atoms with Crippen LogP contribution in [0.25, 0.3) is 0 Å². The molecule has 0 spiro atoms. The van der Waals surface area contributed by atoms with Gasteiger partial charge in [0.05, 0.1) is 18.0 Å². The molecular weight excluding hydrogens is 461 g/mol. The van der Waals surface area contributed by atoms with Gasteiger partial charge in [0.2, 0.25) is 5.88 Å². The molecule has 0 radical (unpaired) electrons. The highest BCUT2D eigenvalue weighted by atomic mass is 127. The van der Waals surface area contributed by atoms with Crippen LogP contribution < -0.4 is 15.8 Å². The highest BCUT2D eigenvalue weighted by molar-refractivity contribution is 14.1. The molecule has 0 aromatic carbocycles. The lowest BCUT2D eigenvalue weighted by molar-refractivity contribution is 0.0995. The summed E-state index contributed by atoms with van der Waals surface area (Å²) in [5.74, 6) is -0.575. The van der Waals surface area contributed by atoms with Crippen molar-refractivity contribution in [2.45, 2.75) is 33.6 Å². The van der Waals surface area contributed by atoms with E-state index in [0.29, 0.717) is 24.3 Å². The molecule has 0 aliphatic carbocycles. The Labute approximate surface area is 172 Å². The Morgan fingerprint density at radius 3 is 2.70 bits per heavy atom. The number of halogens is 1. The number of nitrogens with one attached hydrogen (secondary N) is 1. The third-order valence-electron chi connectivity index (χ3n) is 3.74. The normalized spacial score (nSPS) is 10.9. The number of pyridine rings is 1. The van der Waals surface area contributed by atoms with E-state index in [4.69, 9.17) is 10.5 Å².